The zero-order valence-electron chi connectivity index (χ0n) is 9.19. The zero-order chi connectivity index (χ0) is 9.97. The topological polar surface area (TPSA) is 8.17 Å². The monoisotopic (exact) mass is 192 g/mol. The third-order valence-electron chi connectivity index (χ3n) is 3.18. The molecule has 1 aliphatic heterocycles. The minimum atomic E-state index is 0.713. The smallest absolute Gasteiger partial charge is 0.0260 e. The fourth-order valence-electron chi connectivity index (χ4n) is 2.27. The summed E-state index contributed by atoms with van der Waals surface area (Å²) in [7, 11) is 0. The fourth-order valence-corrected chi connectivity index (χ4v) is 2.27. The summed E-state index contributed by atoms with van der Waals surface area (Å²) in [6.07, 6.45) is 5.69. The van der Waals surface area contributed by atoms with Crippen molar-refractivity contribution in [1.82, 2.24) is 9.47 Å². The van der Waals surface area contributed by atoms with Gasteiger partial charge in [-0.1, -0.05) is 0 Å². The lowest BCUT2D eigenvalue weighted by molar-refractivity contribution is 0.261. The van der Waals surface area contributed by atoms with Crippen LogP contribution in [0.2, 0.25) is 0 Å². The number of hydrogen-bond acceptors (Lipinski definition) is 1. The Kier molecular flexibility index (Phi) is 2.92. The van der Waals surface area contributed by atoms with Crippen LogP contribution < -0.4 is 0 Å². The average Bonchev–Trinajstić information content (AvgIpc) is 2.75. The molecule has 0 amide bonds. The van der Waals surface area contributed by atoms with Gasteiger partial charge in [0.05, 0.1) is 0 Å². The van der Waals surface area contributed by atoms with E-state index in [4.69, 9.17) is 0 Å². The van der Waals surface area contributed by atoms with E-state index in [1.165, 1.54) is 26.1 Å². The first-order chi connectivity index (χ1) is 6.75. The number of nitrogens with zero attached hydrogens (tertiary/aromatic N) is 2. The van der Waals surface area contributed by atoms with Gasteiger partial charge in [0, 0.05) is 31.5 Å². The molecule has 2 heterocycles. The van der Waals surface area contributed by atoms with E-state index in [0.29, 0.717) is 6.04 Å². The van der Waals surface area contributed by atoms with Gasteiger partial charge in [-0.05, 0) is 44.9 Å². The molecule has 1 fully saturated rings. The molecule has 0 radical (unpaired) electrons. The van der Waals surface area contributed by atoms with E-state index >= 15 is 0 Å². The van der Waals surface area contributed by atoms with Crippen molar-refractivity contribution in [3.05, 3.63) is 24.5 Å². The van der Waals surface area contributed by atoms with Crippen molar-refractivity contribution in [3.63, 3.8) is 0 Å². The maximum atomic E-state index is 2.58. The lowest BCUT2D eigenvalue weighted by Gasteiger charge is -2.20. The lowest BCUT2D eigenvalue weighted by Crippen LogP contribution is -2.28. The Morgan fingerprint density at radius 3 is 2.57 bits per heavy atom. The molecule has 0 aliphatic carbocycles. The third kappa shape index (κ3) is 2.18. The molecule has 0 spiro atoms. The highest BCUT2D eigenvalue weighted by atomic mass is 15.2. The minimum Gasteiger partial charge on any atom is -0.354 e. The second kappa shape index (κ2) is 4.18. The lowest BCUT2D eigenvalue weighted by atomic mass is 10.1. The summed E-state index contributed by atoms with van der Waals surface area (Å²) in [5.74, 6) is 0.852. The Morgan fingerprint density at radius 1 is 1.29 bits per heavy atom. The van der Waals surface area contributed by atoms with Crippen molar-refractivity contribution in [2.24, 2.45) is 5.92 Å². The van der Waals surface area contributed by atoms with Gasteiger partial charge < -0.3 is 9.47 Å². The quantitative estimate of drug-likeness (QED) is 0.713. The van der Waals surface area contributed by atoms with Crippen LogP contribution in [0.4, 0.5) is 0 Å². The van der Waals surface area contributed by atoms with Crippen LogP contribution in [0.3, 0.4) is 0 Å². The Hall–Kier alpha value is -0.760. The molecular formula is C12H20N2. The van der Waals surface area contributed by atoms with Gasteiger partial charge in [0.1, 0.15) is 0 Å². The van der Waals surface area contributed by atoms with Crippen LogP contribution in [0, 0.1) is 5.92 Å². The van der Waals surface area contributed by atoms with Crippen LogP contribution in [0.1, 0.15) is 20.3 Å². The molecule has 14 heavy (non-hydrogen) atoms. The van der Waals surface area contributed by atoms with Crippen LogP contribution in [-0.4, -0.2) is 28.6 Å². The molecule has 1 saturated heterocycles. The predicted octanol–water partition coefficient (Wildman–Crippen LogP) is 2.22. The summed E-state index contributed by atoms with van der Waals surface area (Å²) in [4.78, 5) is 2.58. The standard InChI is InChI=1S/C12H20N2/c1-11(2)14-8-5-12(10-14)9-13-6-3-4-7-13/h3-4,6-7,11-12H,5,8-10H2,1-2H3/t12-/m0/s1. The van der Waals surface area contributed by atoms with Crippen molar-refractivity contribution in [2.75, 3.05) is 13.1 Å². The van der Waals surface area contributed by atoms with Crippen LogP contribution in [0.15, 0.2) is 24.5 Å². The van der Waals surface area contributed by atoms with Crippen molar-refractivity contribution in [1.29, 1.82) is 0 Å². The van der Waals surface area contributed by atoms with Gasteiger partial charge in [0.2, 0.25) is 0 Å². The Bertz CT molecular complexity index is 264. The van der Waals surface area contributed by atoms with Crippen molar-refractivity contribution >= 4 is 0 Å². The van der Waals surface area contributed by atoms with E-state index in [9.17, 15) is 0 Å². The van der Waals surface area contributed by atoms with Crippen LogP contribution >= 0.6 is 0 Å². The van der Waals surface area contributed by atoms with Crippen LogP contribution in [0.25, 0.3) is 0 Å². The molecule has 0 saturated carbocycles. The summed E-state index contributed by atoms with van der Waals surface area (Å²) in [6.45, 7) is 8.33. The van der Waals surface area contributed by atoms with Crippen LogP contribution in [0.5, 0.6) is 0 Å². The Balaban J connectivity index is 1.84. The predicted molar refractivity (Wildman–Crippen MR) is 59.2 cm³/mol. The highest BCUT2D eigenvalue weighted by Crippen LogP contribution is 2.19. The summed E-state index contributed by atoms with van der Waals surface area (Å²) < 4.78 is 2.30. The number of hydrogen-bond donors (Lipinski definition) is 0. The van der Waals surface area contributed by atoms with Crippen molar-refractivity contribution in [2.45, 2.75) is 32.9 Å². The molecule has 2 heteroatoms. The third-order valence-corrected chi connectivity index (χ3v) is 3.18. The summed E-state index contributed by atoms with van der Waals surface area (Å²) in [6, 6.07) is 4.93. The Morgan fingerprint density at radius 2 is 2.00 bits per heavy atom. The molecule has 0 bridgehead atoms. The van der Waals surface area contributed by atoms with E-state index in [1.54, 1.807) is 0 Å². The molecular weight excluding hydrogens is 172 g/mol. The molecule has 0 N–H and O–H groups in total. The first-order valence-corrected chi connectivity index (χ1v) is 5.60. The minimum absolute atomic E-state index is 0.713. The van der Waals surface area contributed by atoms with Crippen molar-refractivity contribution < 1.29 is 0 Å². The van der Waals surface area contributed by atoms with Gasteiger partial charge >= 0.3 is 0 Å². The van der Waals surface area contributed by atoms with Gasteiger partial charge in [0.25, 0.3) is 0 Å². The van der Waals surface area contributed by atoms with Gasteiger partial charge in [0.15, 0.2) is 0 Å². The highest BCUT2D eigenvalue weighted by molar-refractivity contribution is 4.91. The van der Waals surface area contributed by atoms with Gasteiger partial charge in [-0.2, -0.15) is 0 Å². The molecule has 2 nitrogen and oxygen atoms in total. The highest BCUT2D eigenvalue weighted by Gasteiger charge is 2.23. The molecule has 0 aromatic carbocycles. The van der Waals surface area contributed by atoms with E-state index in [-0.39, 0.29) is 0 Å². The molecule has 1 atom stereocenters. The maximum absolute atomic E-state index is 2.58. The van der Waals surface area contributed by atoms with E-state index < -0.39 is 0 Å². The molecule has 1 aromatic heterocycles. The number of likely N-dealkylation sites (tertiary alicyclic amines) is 1. The van der Waals surface area contributed by atoms with E-state index in [2.05, 4.69) is 47.8 Å². The number of rotatable bonds is 3. The molecule has 0 unspecified atom stereocenters. The SMILES string of the molecule is CC(C)N1CC[C@@H](Cn2cccc2)C1. The van der Waals surface area contributed by atoms with E-state index in [1.807, 2.05) is 0 Å². The first kappa shape index (κ1) is 9.78. The summed E-state index contributed by atoms with van der Waals surface area (Å²) in [5.41, 5.74) is 0. The largest absolute Gasteiger partial charge is 0.354 e. The van der Waals surface area contributed by atoms with Gasteiger partial charge in [-0.25, -0.2) is 0 Å². The second-order valence-corrected chi connectivity index (χ2v) is 4.62. The molecule has 2 rings (SSSR count). The first-order valence-electron chi connectivity index (χ1n) is 5.60. The van der Waals surface area contributed by atoms with Gasteiger partial charge in [-0.3, -0.25) is 0 Å². The van der Waals surface area contributed by atoms with E-state index in [0.717, 1.165) is 5.92 Å². The molecule has 78 valence electrons. The summed E-state index contributed by atoms with van der Waals surface area (Å²) >= 11 is 0. The average molecular weight is 192 g/mol. The Labute approximate surface area is 86.5 Å². The summed E-state index contributed by atoms with van der Waals surface area (Å²) in [5, 5.41) is 0. The normalized spacial score (nSPS) is 23.5. The molecule has 1 aromatic rings. The van der Waals surface area contributed by atoms with Crippen LogP contribution in [-0.2, 0) is 6.54 Å². The zero-order valence-corrected chi connectivity index (χ0v) is 9.19. The van der Waals surface area contributed by atoms with Crippen molar-refractivity contribution in [3.8, 4) is 0 Å². The molecule has 1 aliphatic rings. The second-order valence-electron chi connectivity index (χ2n) is 4.62. The fraction of sp³-hybridized carbons (Fsp3) is 0.667. The maximum Gasteiger partial charge on any atom is 0.0260 e. The van der Waals surface area contributed by atoms with Gasteiger partial charge in [-0.15, -0.1) is 0 Å². The number of aromatic nitrogens is 1.